The molecule has 0 aromatic carbocycles. The van der Waals surface area contributed by atoms with E-state index in [9.17, 15) is 9.59 Å². The quantitative estimate of drug-likeness (QED) is 0.781. The van der Waals surface area contributed by atoms with E-state index >= 15 is 0 Å². The van der Waals surface area contributed by atoms with Crippen LogP contribution in [0.15, 0.2) is 12.1 Å². The van der Waals surface area contributed by atoms with Crippen molar-refractivity contribution in [2.24, 2.45) is 5.92 Å². The van der Waals surface area contributed by atoms with Crippen LogP contribution in [0, 0.1) is 5.92 Å². The van der Waals surface area contributed by atoms with Crippen molar-refractivity contribution >= 4 is 17.8 Å². The molecule has 0 spiro atoms. The summed E-state index contributed by atoms with van der Waals surface area (Å²) in [5.74, 6) is 1.76. The van der Waals surface area contributed by atoms with Gasteiger partial charge in [-0.1, -0.05) is 12.8 Å². The van der Waals surface area contributed by atoms with Crippen LogP contribution in [-0.2, 0) is 9.53 Å². The lowest BCUT2D eigenvalue weighted by Crippen LogP contribution is -2.51. The maximum absolute atomic E-state index is 12.4. The van der Waals surface area contributed by atoms with Crippen molar-refractivity contribution < 1.29 is 19.1 Å². The molecule has 3 aliphatic rings. The van der Waals surface area contributed by atoms with Gasteiger partial charge in [0.25, 0.3) is 5.91 Å². The van der Waals surface area contributed by atoms with Gasteiger partial charge in [0, 0.05) is 45.4 Å². The summed E-state index contributed by atoms with van der Waals surface area (Å²) >= 11 is 0. The van der Waals surface area contributed by atoms with Crippen LogP contribution in [0.4, 0.5) is 10.6 Å². The maximum atomic E-state index is 12.4. The lowest BCUT2D eigenvalue weighted by Gasteiger charge is -2.36. The average Bonchev–Trinajstić information content (AvgIpc) is 3.38. The third kappa shape index (κ3) is 4.89. The number of aromatic nitrogens is 2. The summed E-state index contributed by atoms with van der Waals surface area (Å²) in [5.41, 5.74) is 0. The van der Waals surface area contributed by atoms with Crippen molar-refractivity contribution in [2.45, 2.75) is 38.2 Å². The molecule has 2 aliphatic heterocycles. The molecule has 0 bridgehead atoms. The predicted octanol–water partition coefficient (Wildman–Crippen LogP) is 1.19. The summed E-state index contributed by atoms with van der Waals surface area (Å²) in [4.78, 5) is 28.1. The van der Waals surface area contributed by atoms with Gasteiger partial charge in [0.2, 0.25) is 5.88 Å². The largest absolute Gasteiger partial charge is 0.413 e. The summed E-state index contributed by atoms with van der Waals surface area (Å²) in [6.45, 7) is 3.97. The van der Waals surface area contributed by atoms with E-state index in [0.717, 1.165) is 25.2 Å². The number of anilines is 1. The molecular formula is C19H27N5O4. The molecule has 1 unspecified atom stereocenters. The first-order valence-corrected chi connectivity index (χ1v) is 10.1. The highest BCUT2D eigenvalue weighted by Crippen LogP contribution is 2.31. The number of carbonyl (C=O) groups is 2. The molecule has 4 rings (SSSR count). The first kappa shape index (κ1) is 18.9. The molecule has 1 aromatic heterocycles. The minimum Gasteiger partial charge on any atom is -0.390 e. The molecule has 1 atom stereocenters. The Morgan fingerprint density at radius 2 is 1.96 bits per heavy atom. The standard InChI is InChI=1S/C19H27N5O4/c25-18(15-2-1-13-27-15)24-11-9-23(10-12-24)16-5-6-17(22-21-16)28-19(26)20-8-7-14-3-4-14/h5-6,14-15H,1-4,7-13H2,(H,20,26). The van der Waals surface area contributed by atoms with Crippen LogP contribution in [0.1, 0.15) is 32.1 Å². The minimum absolute atomic E-state index is 0.0969. The summed E-state index contributed by atoms with van der Waals surface area (Å²) in [5, 5.41) is 10.9. The van der Waals surface area contributed by atoms with Gasteiger partial charge in [0.1, 0.15) is 6.10 Å². The summed E-state index contributed by atoms with van der Waals surface area (Å²) < 4.78 is 10.6. The third-order valence-electron chi connectivity index (χ3n) is 5.46. The van der Waals surface area contributed by atoms with E-state index in [2.05, 4.69) is 20.4 Å². The molecule has 3 fully saturated rings. The van der Waals surface area contributed by atoms with Gasteiger partial charge in [-0.25, -0.2) is 4.79 Å². The maximum Gasteiger partial charge on any atom is 0.413 e. The predicted molar refractivity (Wildman–Crippen MR) is 101 cm³/mol. The number of hydrogen-bond donors (Lipinski definition) is 1. The van der Waals surface area contributed by atoms with Crippen LogP contribution >= 0.6 is 0 Å². The molecule has 3 heterocycles. The lowest BCUT2D eigenvalue weighted by atomic mass is 10.2. The highest BCUT2D eigenvalue weighted by molar-refractivity contribution is 5.81. The van der Waals surface area contributed by atoms with Gasteiger partial charge in [-0.3, -0.25) is 4.79 Å². The highest BCUT2D eigenvalue weighted by atomic mass is 16.6. The van der Waals surface area contributed by atoms with E-state index in [0.29, 0.717) is 45.1 Å². The van der Waals surface area contributed by atoms with E-state index in [1.54, 1.807) is 12.1 Å². The lowest BCUT2D eigenvalue weighted by molar-refractivity contribution is -0.141. The van der Waals surface area contributed by atoms with Crippen LogP contribution in [0.2, 0.25) is 0 Å². The zero-order chi connectivity index (χ0) is 19.3. The number of hydrogen-bond acceptors (Lipinski definition) is 7. The van der Waals surface area contributed by atoms with E-state index in [4.69, 9.17) is 9.47 Å². The molecule has 152 valence electrons. The number of carbonyl (C=O) groups excluding carboxylic acids is 2. The van der Waals surface area contributed by atoms with Crippen LogP contribution in [0.25, 0.3) is 0 Å². The summed E-state index contributed by atoms with van der Waals surface area (Å²) in [6.07, 6.45) is 4.54. The molecule has 1 N–H and O–H groups in total. The molecule has 2 saturated heterocycles. The van der Waals surface area contributed by atoms with E-state index in [1.807, 2.05) is 4.90 Å². The number of amides is 2. The molecule has 1 saturated carbocycles. The molecule has 9 heteroatoms. The van der Waals surface area contributed by atoms with E-state index in [-0.39, 0.29) is 17.9 Å². The highest BCUT2D eigenvalue weighted by Gasteiger charge is 2.30. The number of ether oxygens (including phenoxy) is 2. The second-order valence-corrected chi connectivity index (χ2v) is 7.59. The average molecular weight is 389 g/mol. The number of nitrogens with zero attached hydrogens (tertiary/aromatic N) is 4. The monoisotopic (exact) mass is 389 g/mol. The Bertz CT molecular complexity index is 680. The van der Waals surface area contributed by atoms with Gasteiger partial charge < -0.3 is 24.6 Å². The fourth-order valence-corrected chi connectivity index (χ4v) is 3.58. The number of rotatable bonds is 6. The zero-order valence-electron chi connectivity index (χ0n) is 16.0. The van der Waals surface area contributed by atoms with Crippen molar-refractivity contribution in [1.29, 1.82) is 0 Å². The van der Waals surface area contributed by atoms with Gasteiger partial charge in [-0.05, 0) is 31.2 Å². The SMILES string of the molecule is O=C(NCCC1CC1)Oc1ccc(N2CCN(C(=O)C3CCCO3)CC2)nn1. The fourth-order valence-electron chi connectivity index (χ4n) is 3.58. The summed E-state index contributed by atoms with van der Waals surface area (Å²) in [7, 11) is 0. The van der Waals surface area contributed by atoms with Crippen LogP contribution < -0.4 is 15.0 Å². The van der Waals surface area contributed by atoms with Gasteiger partial charge in [0.15, 0.2) is 5.82 Å². The molecule has 0 radical (unpaired) electrons. The van der Waals surface area contributed by atoms with Crippen molar-refractivity contribution in [3.63, 3.8) is 0 Å². The minimum atomic E-state index is -0.496. The number of piperazine rings is 1. The third-order valence-corrected chi connectivity index (χ3v) is 5.46. The molecule has 28 heavy (non-hydrogen) atoms. The first-order valence-electron chi connectivity index (χ1n) is 10.1. The molecule has 1 aliphatic carbocycles. The van der Waals surface area contributed by atoms with Crippen LogP contribution in [0.3, 0.4) is 0 Å². The molecule has 9 nitrogen and oxygen atoms in total. The number of nitrogens with one attached hydrogen (secondary N) is 1. The van der Waals surface area contributed by atoms with Crippen LogP contribution in [0.5, 0.6) is 5.88 Å². The summed E-state index contributed by atoms with van der Waals surface area (Å²) in [6, 6.07) is 3.43. The van der Waals surface area contributed by atoms with Crippen LogP contribution in [-0.4, -0.2) is 72.5 Å². The Kier molecular flexibility index (Phi) is 5.90. The van der Waals surface area contributed by atoms with Gasteiger partial charge in [0.05, 0.1) is 0 Å². The Labute approximate surface area is 164 Å². The van der Waals surface area contributed by atoms with Crippen molar-refractivity contribution in [3.8, 4) is 5.88 Å². The molecule has 1 aromatic rings. The van der Waals surface area contributed by atoms with Gasteiger partial charge in [-0.15, -0.1) is 10.2 Å². The second-order valence-electron chi connectivity index (χ2n) is 7.59. The van der Waals surface area contributed by atoms with Crippen molar-refractivity contribution in [3.05, 3.63) is 12.1 Å². The Morgan fingerprint density at radius 1 is 1.14 bits per heavy atom. The van der Waals surface area contributed by atoms with Crippen molar-refractivity contribution in [2.75, 3.05) is 44.2 Å². The fraction of sp³-hybridized carbons (Fsp3) is 0.684. The van der Waals surface area contributed by atoms with E-state index in [1.165, 1.54) is 12.8 Å². The zero-order valence-corrected chi connectivity index (χ0v) is 16.0. The Hall–Kier alpha value is -2.42. The van der Waals surface area contributed by atoms with Crippen molar-refractivity contribution in [1.82, 2.24) is 20.4 Å². The normalized spacial score (nSPS) is 22.2. The molecular weight excluding hydrogens is 362 g/mol. The Morgan fingerprint density at radius 3 is 2.61 bits per heavy atom. The smallest absolute Gasteiger partial charge is 0.390 e. The van der Waals surface area contributed by atoms with Gasteiger partial charge in [-0.2, -0.15) is 0 Å². The topological polar surface area (TPSA) is 96.9 Å². The Balaban J connectivity index is 1.21. The second kappa shape index (κ2) is 8.72. The molecule has 2 amide bonds. The first-order chi connectivity index (χ1) is 13.7. The van der Waals surface area contributed by atoms with Gasteiger partial charge >= 0.3 is 6.09 Å². The van der Waals surface area contributed by atoms with E-state index < -0.39 is 6.09 Å².